The molecule has 0 saturated heterocycles. The molecule has 1 aliphatic rings. The van der Waals surface area contributed by atoms with Crippen LogP contribution in [0.25, 0.3) is 11.1 Å². The molecule has 1 unspecified atom stereocenters. The zero-order chi connectivity index (χ0) is 29.5. The van der Waals surface area contributed by atoms with Gasteiger partial charge in [-0.15, -0.1) is 0 Å². The maximum atomic E-state index is 13.1. The normalized spacial score (nSPS) is 13.6. The van der Waals surface area contributed by atoms with E-state index < -0.39 is 5.97 Å². The Morgan fingerprint density at radius 3 is 2.37 bits per heavy atom. The highest BCUT2D eigenvalue weighted by atomic mass is 79.9. The van der Waals surface area contributed by atoms with E-state index in [2.05, 4.69) is 32.7 Å². The molecule has 0 radical (unpaired) electrons. The Kier molecular flexibility index (Phi) is 9.92. The van der Waals surface area contributed by atoms with E-state index >= 15 is 0 Å². The molecule has 9 heteroatoms. The van der Waals surface area contributed by atoms with Gasteiger partial charge < -0.3 is 23.7 Å². The summed E-state index contributed by atoms with van der Waals surface area (Å²) in [4.78, 5) is 27.5. The van der Waals surface area contributed by atoms with Crippen LogP contribution in [0.1, 0.15) is 33.9 Å². The Labute approximate surface area is 248 Å². The smallest absolute Gasteiger partial charge is 0.340 e. The number of hydrogen-bond donors (Lipinski definition) is 0. The molecule has 0 amide bonds. The second-order valence-electron chi connectivity index (χ2n) is 9.34. The second kappa shape index (κ2) is 13.6. The van der Waals surface area contributed by atoms with Gasteiger partial charge in [0.05, 0.1) is 40.5 Å². The third-order valence-electron chi connectivity index (χ3n) is 7.04. The van der Waals surface area contributed by atoms with E-state index in [1.54, 1.807) is 51.7 Å². The first-order valence-corrected chi connectivity index (χ1v) is 13.8. The predicted molar refractivity (Wildman–Crippen MR) is 160 cm³/mol. The molecule has 0 saturated carbocycles. The molecular weight excluding hydrogens is 590 g/mol. The summed E-state index contributed by atoms with van der Waals surface area (Å²) in [5.41, 5.74) is 3.75. The maximum absolute atomic E-state index is 13.1. The van der Waals surface area contributed by atoms with E-state index in [0.717, 1.165) is 22.3 Å². The fraction of sp³-hybridized carbons (Fsp3) is 0.312. The van der Waals surface area contributed by atoms with E-state index in [0.29, 0.717) is 46.7 Å². The fourth-order valence-electron chi connectivity index (χ4n) is 5.05. The Balaban J connectivity index is 1.66. The van der Waals surface area contributed by atoms with Crippen molar-refractivity contribution < 1.29 is 28.5 Å². The lowest BCUT2D eigenvalue weighted by Gasteiger charge is -2.26. The average molecular weight is 623 g/mol. The number of carbonyl (C=O) groups excluding carboxylic acids is 1. The van der Waals surface area contributed by atoms with Crippen molar-refractivity contribution in [2.24, 2.45) is 0 Å². The van der Waals surface area contributed by atoms with Gasteiger partial charge in [0.25, 0.3) is 0 Å². The third kappa shape index (κ3) is 6.34. The van der Waals surface area contributed by atoms with Crippen LogP contribution in [0.15, 0.2) is 57.8 Å². The monoisotopic (exact) mass is 621 g/mol. The topological polar surface area (TPSA) is 83.5 Å². The van der Waals surface area contributed by atoms with E-state index in [-0.39, 0.29) is 23.8 Å². The number of hydrogen-bond acceptors (Lipinski definition) is 8. The minimum atomic E-state index is -0.445. The molecule has 41 heavy (non-hydrogen) atoms. The van der Waals surface area contributed by atoms with Gasteiger partial charge in [-0.25, -0.2) is 4.79 Å². The molecule has 1 atom stereocenters. The van der Waals surface area contributed by atoms with Gasteiger partial charge in [0.1, 0.15) is 0 Å². The standard InChI is InChI=1S/C32H32BrNO7/c1-34(16-8-9-17-41-32(36)22-10-6-7-11-24(22)33)25-14-12-20-18-28(38-3)30(39-4)31(40-5)29(20)21-13-15-27(37-2)26(35)19-23(21)25/h6-7,10-11,13,15,18-19,25H,12,14,16-17H2,1-5H3. The van der Waals surface area contributed by atoms with E-state index in [1.807, 2.05) is 25.2 Å². The van der Waals surface area contributed by atoms with Gasteiger partial charge in [-0.05, 0) is 82.8 Å². The molecule has 0 bridgehead atoms. The predicted octanol–water partition coefficient (Wildman–Crippen LogP) is 5.29. The van der Waals surface area contributed by atoms with Gasteiger partial charge in [0, 0.05) is 16.1 Å². The van der Waals surface area contributed by atoms with Crippen molar-refractivity contribution in [3.05, 3.63) is 79.9 Å². The zero-order valence-corrected chi connectivity index (χ0v) is 25.3. The molecule has 0 aliphatic heterocycles. The highest BCUT2D eigenvalue weighted by Crippen LogP contribution is 2.50. The lowest BCUT2D eigenvalue weighted by Crippen LogP contribution is -2.26. The number of rotatable bonds is 8. The molecular formula is C32H32BrNO7. The summed E-state index contributed by atoms with van der Waals surface area (Å²) in [5.74, 6) is 7.42. The van der Waals surface area contributed by atoms with Crippen molar-refractivity contribution in [3.63, 3.8) is 0 Å². The van der Waals surface area contributed by atoms with Crippen LogP contribution in [0, 0.1) is 11.8 Å². The molecule has 0 heterocycles. The van der Waals surface area contributed by atoms with Crippen LogP contribution in [0.5, 0.6) is 23.0 Å². The van der Waals surface area contributed by atoms with Gasteiger partial charge in [-0.2, -0.15) is 0 Å². The Hall–Kier alpha value is -4.00. The lowest BCUT2D eigenvalue weighted by atomic mass is 9.95. The Morgan fingerprint density at radius 1 is 0.951 bits per heavy atom. The number of halogens is 1. The molecule has 8 nitrogen and oxygen atoms in total. The SMILES string of the molecule is COc1cc2c(c(OC)c1OC)-c1ccc(OC)c(=O)cc1C(N(C)CC#CCOC(=O)c1ccccc1Br)CC2. The number of methoxy groups -OCH3 is 4. The minimum Gasteiger partial charge on any atom is -0.493 e. The lowest BCUT2D eigenvalue weighted by molar-refractivity contribution is 0.0555. The fourth-order valence-corrected chi connectivity index (χ4v) is 5.50. The molecule has 0 fully saturated rings. The van der Waals surface area contributed by atoms with Gasteiger partial charge >= 0.3 is 5.97 Å². The summed E-state index contributed by atoms with van der Waals surface area (Å²) in [5, 5.41) is 0. The Bertz CT molecular complexity index is 1560. The van der Waals surface area contributed by atoms with Crippen molar-refractivity contribution in [2.45, 2.75) is 18.9 Å². The first-order valence-electron chi connectivity index (χ1n) is 13.0. The quantitative estimate of drug-likeness (QED) is 0.248. The molecule has 0 aromatic heterocycles. The number of nitrogens with zero attached hydrogens (tertiary/aromatic N) is 1. The first-order chi connectivity index (χ1) is 19.8. The van der Waals surface area contributed by atoms with Gasteiger partial charge in [0.2, 0.25) is 11.2 Å². The maximum Gasteiger partial charge on any atom is 0.340 e. The third-order valence-corrected chi connectivity index (χ3v) is 7.74. The number of aryl methyl sites for hydroxylation is 1. The van der Waals surface area contributed by atoms with Crippen molar-refractivity contribution in [1.82, 2.24) is 4.90 Å². The molecule has 3 aromatic carbocycles. The molecule has 3 aromatic rings. The molecule has 4 rings (SSSR count). The summed E-state index contributed by atoms with van der Waals surface area (Å²) >= 11 is 3.36. The van der Waals surface area contributed by atoms with Crippen LogP contribution in [-0.2, 0) is 11.2 Å². The Morgan fingerprint density at radius 2 is 1.68 bits per heavy atom. The first kappa shape index (κ1) is 30.0. The number of ether oxygens (including phenoxy) is 5. The molecule has 214 valence electrons. The van der Waals surface area contributed by atoms with Crippen molar-refractivity contribution >= 4 is 21.9 Å². The van der Waals surface area contributed by atoms with Gasteiger partial charge in [-0.1, -0.05) is 30.0 Å². The number of carbonyl (C=O) groups is 1. The molecule has 0 N–H and O–H groups in total. The van der Waals surface area contributed by atoms with Crippen molar-refractivity contribution in [1.29, 1.82) is 0 Å². The highest BCUT2D eigenvalue weighted by Gasteiger charge is 2.30. The van der Waals surface area contributed by atoms with Crippen LogP contribution in [-0.4, -0.2) is 59.5 Å². The van der Waals surface area contributed by atoms with Crippen molar-refractivity contribution in [3.8, 4) is 46.0 Å². The number of esters is 1. The summed E-state index contributed by atoms with van der Waals surface area (Å²) in [6, 6.07) is 14.1. The van der Waals surface area contributed by atoms with Crippen LogP contribution < -0.4 is 24.4 Å². The second-order valence-corrected chi connectivity index (χ2v) is 10.2. The molecule has 1 aliphatic carbocycles. The van der Waals surface area contributed by atoms with Crippen molar-refractivity contribution in [2.75, 3.05) is 48.6 Å². The summed E-state index contributed by atoms with van der Waals surface area (Å²) in [6.45, 7) is 0.356. The number of benzene rings is 2. The van der Waals surface area contributed by atoms with E-state index in [4.69, 9.17) is 23.7 Å². The van der Waals surface area contributed by atoms with E-state index in [9.17, 15) is 9.59 Å². The zero-order valence-electron chi connectivity index (χ0n) is 23.7. The number of fused-ring (bicyclic) bond motifs is 3. The highest BCUT2D eigenvalue weighted by molar-refractivity contribution is 9.10. The van der Waals surface area contributed by atoms with Gasteiger partial charge in [-0.3, -0.25) is 9.69 Å². The largest absolute Gasteiger partial charge is 0.493 e. The molecule has 0 spiro atoms. The van der Waals surface area contributed by atoms with Crippen LogP contribution in [0.2, 0.25) is 0 Å². The summed E-state index contributed by atoms with van der Waals surface area (Å²) in [6.07, 6.45) is 1.40. The van der Waals surface area contributed by atoms with E-state index in [1.165, 1.54) is 7.11 Å². The van der Waals surface area contributed by atoms with Crippen LogP contribution in [0.3, 0.4) is 0 Å². The van der Waals surface area contributed by atoms with Gasteiger partial charge in [0.15, 0.2) is 23.9 Å². The summed E-state index contributed by atoms with van der Waals surface area (Å²) in [7, 11) is 8.19. The van der Waals surface area contributed by atoms with Crippen LogP contribution >= 0.6 is 15.9 Å². The minimum absolute atomic E-state index is 0.0334. The average Bonchev–Trinajstić information content (AvgIpc) is 3.23. The summed E-state index contributed by atoms with van der Waals surface area (Å²) < 4.78 is 28.5. The van der Waals surface area contributed by atoms with Crippen LogP contribution in [0.4, 0.5) is 0 Å².